The van der Waals surface area contributed by atoms with Gasteiger partial charge in [-0.3, -0.25) is 9.59 Å². The van der Waals surface area contributed by atoms with E-state index < -0.39 is 29.5 Å². The van der Waals surface area contributed by atoms with Gasteiger partial charge in [0.2, 0.25) is 5.91 Å². The zero-order chi connectivity index (χ0) is 20.8. The molecule has 1 amide bonds. The summed E-state index contributed by atoms with van der Waals surface area (Å²) in [5.74, 6) is -1.81. The highest BCUT2D eigenvalue weighted by Gasteiger charge is 2.51. The smallest absolute Gasteiger partial charge is 0.416 e. The molecule has 0 spiro atoms. The third-order valence-corrected chi connectivity index (χ3v) is 6.92. The predicted molar refractivity (Wildman–Crippen MR) is 100 cm³/mol. The van der Waals surface area contributed by atoms with Gasteiger partial charge in [0, 0.05) is 31.9 Å². The van der Waals surface area contributed by atoms with Crippen LogP contribution in [0, 0.1) is 23.7 Å². The van der Waals surface area contributed by atoms with Gasteiger partial charge in [-0.15, -0.1) is 0 Å². The number of carboxylic acids is 1. The summed E-state index contributed by atoms with van der Waals surface area (Å²) in [5.41, 5.74) is -0.192. The second kappa shape index (κ2) is 7.54. The molecule has 3 aliphatic carbocycles. The Morgan fingerprint density at radius 1 is 0.931 bits per heavy atom. The summed E-state index contributed by atoms with van der Waals surface area (Å²) in [7, 11) is 0. The van der Waals surface area contributed by atoms with Gasteiger partial charge in [-0.05, 0) is 55.7 Å². The summed E-state index contributed by atoms with van der Waals surface area (Å²) in [6, 6.07) is 5.23. The first kappa shape index (κ1) is 20.0. The maximum Gasteiger partial charge on any atom is 0.416 e. The van der Waals surface area contributed by atoms with Gasteiger partial charge in [-0.25, -0.2) is 0 Å². The first-order valence-corrected chi connectivity index (χ1v) is 10.2. The van der Waals surface area contributed by atoms with Crippen LogP contribution in [-0.2, 0) is 15.8 Å². The molecule has 1 saturated heterocycles. The molecule has 4 aliphatic rings. The fourth-order valence-corrected chi connectivity index (χ4v) is 5.43. The molecule has 0 aromatic heterocycles. The Bertz CT molecular complexity index is 782. The number of halogens is 3. The molecule has 2 atom stereocenters. The molecule has 29 heavy (non-hydrogen) atoms. The number of piperazine rings is 1. The number of nitrogens with zero attached hydrogens (tertiary/aromatic N) is 2. The Morgan fingerprint density at radius 3 is 2.07 bits per heavy atom. The zero-order valence-electron chi connectivity index (χ0n) is 16.1. The summed E-state index contributed by atoms with van der Waals surface area (Å²) in [5, 5.41) is 9.69. The van der Waals surface area contributed by atoms with Crippen molar-refractivity contribution in [3.05, 3.63) is 29.8 Å². The number of rotatable bonds is 3. The van der Waals surface area contributed by atoms with E-state index in [1.165, 1.54) is 6.07 Å². The monoisotopic (exact) mass is 410 g/mol. The summed E-state index contributed by atoms with van der Waals surface area (Å²) < 4.78 is 38.9. The normalized spacial score (nSPS) is 29.8. The van der Waals surface area contributed by atoms with Crippen molar-refractivity contribution in [3.8, 4) is 0 Å². The number of amides is 1. The first-order chi connectivity index (χ1) is 13.8. The second-order valence-corrected chi connectivity index (χ2v) is 8.43. The number of carbonyl (C=O) groups is 2. The van der Waals surface area contributed by atoms with Crippen molar-refractivity contribution in [1.29, 1.82) is 0 Å². The minimum Gasteiger partial charge on any atom is -0.481 e. The van der Waals surface area contributed by atoms with Crippen molar-refractivity contribution in [2.75, 3.05) is 31.1 Å². The van der Waals surface area contributed by atoms with Crippen molar-refractivity contribution in [3.63, 3.8) is 0 Å². The fourth-order valence-electron chi connectivity index (χ4n) is 5.43. The van der Waals surface area contributed by atoms with Gasteiger partial charge in [0.1, 0.15) is 0 Å². The molecule has 0 unspecified atom stereocenters. The van der Waals surface area contributed by atoms with E-state index in [1.807, 2.05) is 4.90 Å². The lowest BCUT2D eigenvalue weighted by Crippen LogP contribution is -2.56. The van der Waals surface area contributed by atoms with Crippen molar-refractivity contribution in [2.24, 2.45) is 23.7 Å². The molecular weight excluding hydrogens is 385 g/mol. The van der Waals surface area contributed by atoms with Crippen LogP contribution < -0.4 is 4.90 Å². The predicted octanol–water partition coefficient (Wildman–Crippen LogP) is 3.49. The third-order valence-electron chi connectivity index (χ3n) is 6.92. The van der Waals surface area contributed by atoms with Gasteiger partial charge in [0.25, 0.3) is 0 Å². The molecule has 0 radical (unpaired) electrons. The minimum absolute atomic E-state index is 0.0813. The van der Waals surface area contributed by atoms with Crippen molar-refractivity contribution in [1.82, 2.24) is 4.90 Å². The Morgan fingerprint density at radius 2 is 1.52 bits per heavy atom. The molecule has 2 bridgehead atoms. The second-order valence-electron chi connectivity index (χ2n) is 8.43. The van der Waals surface area contributed by atoms with Crippen LogP contribution in [0.4, 0.5) is 18.9 Å². The summed E-state index contributed by atoms with van der Waals surface area (Å²) in [6.45, 7) is 1.67. The summed E-state index contributed by atoms with van der Waals surface area (Å²) in [6.07, 6.45) is -0.798. The van der Waals surface area contributed by atoms with E-state index in [9.17, 15) is 27.9 Å². The average Bonchev–Trinajstić information content (AvgIpc) is 2.73. The Labute approximate surface area is 167 Å². The molecule has 8 heteroatoms. The maximum absolute atomic E-state index is 13.2. The lowest BCUT2D eigenvalue weighted by molar-refractivity contribution is -0.162. The Kier molecular flexibility index (Phi) is 5.21. The highest BCUT2D eigenvalue weighted by molar-refractivity contribution is 5.86. The number of hydrogen-bond donors (Lipinski definition) is 1. The van der Waals surface area contributed by atoms with E-state index in [0.717, 1.165) is 37.8 Å². The standard InChI is InChI=1S/C21H25F3N2O3/c22-21(23,24)15-2-1-3-16(12-15)25-8-10-26(11-9-25)19(27)17-13-4-6-14(7-5-13)18(17)20(28)29/h1-3,12-14,17-18H,4-11H2,(H,28,29)/t13?,14?,17-,18-/m1/s1. The molecule has 1 aromatic rings. The molecule has 1 aromatic carbocycles. The minimum atomic E-state index is -4.39. The quantitative estimate of drug-likeness (QED) is 0.829. The zero-order valence-corrected chi connectivity index (χ0v) is 16.1. The number of carbonyl (C=O) groups excluding carboxylic acids is 1. The molecule has 5 nitrogen and oxygen atoms in total. The third kappa shape index (κ3) is 3.81. The summed E-state index contributed by atoms with van der Waals surface area (Å²) >= 11 is 0. The van der Waals surface area contributed by atoms with E-state index in [1.54, 1.807) is 11.0 Å². The number of alkyl halides is 3. The van der Waals surface area contributed by atoms with Crippen LogP contribution in [-0.4, -0.2) is 48.1 Å². The van der Waals surface area contributed by atoms with Crippen LogP contribution in [0.15, 0.2) is 24.3 Å². The summed E-state index contributed by atoms with van der Waals surface area (Å²) in [4.78, 5) is 28.6. The van der Waals surface area contributed by atoms with Crippen LogP contribution in [0.2, 0.25) is 0 Å². The fraction of sp³-hybridized carbons (Fsp3) is 0.619. The highest BCUT2D eigenvalue weighted by Crippen LogP contribution is 2.49. The van der Waals surface area contributed by atoms with Gasteiger partial charge in [-0.2, -0.15) is 13.2 Å². The van der Waals surface area contributed by atoms with E-state index in [4.69, 9.17) is 0 Å². The van der Waals surface area contributed by atoms with Crippen LogP contribution >= 0.6 is 0 Å². The van der Waals surface area contributed by atoms with Crippen molar-refractivity contribution in [2.45, 2.75) is 31.9 Å². The molecule has 4 fully saturated rings. The number of carboxylic acid groups (broad SMARTS) is 1. The van der Waals surface area contributed by atoms with Crippen molar-refractivity contribution < 1.29 is 27.9 Å². The van der Waals surface area contributed by atoms with Crippen LogP contribution in [0.3, 0.4) is 0 Å². The highest BCUT2D eigenvalue weighted by atomic mass is 19.4. The van der Waals surface area contributed by atoms with Crippen LogP contribution in [0.25, 0.3) is 0 Å². The number of anilines is 1. The Balaban J connectivity index is 1.43. The maximum atomic E-state index is 13.2. The molecule has 1 N–H and O–H groups in total. The van der Waals surface area contributed by atoms with E-state index in [0.29, 0.717) is 31.9 Å². The number of fused-ring (bicyclic) bond motifs is 3. The molecule has 158 valence electrons. The number of aliphatic carboxylic acids is 1. The van der Waals surface area contributed by atoms with Crippen LogP contribution in [0.5, 0.6) is 0 Å². The van der Waals surface area contributed by atoms with Crippen LogP contribution in [0.1, 0.15) is 31.2 Å². The van der Waals surface area contributed by atoms with Gasteiger partial charge >= 0.3 is 12.1 Å². The van der Waals surface area contributed by atoms with E-state index in [2.05, 4.69) is 0 Å². The first-order valence-electron chi connectivity index (χ1n) is 10.2. The van der Waals surface area contributed by atoms with Gasteiger partial charge < -0.3 is 14.9 Å². The lowest BCUT2D eigenvalue weighted by Gasteiger charge is -2.48. The van der Waals surface area contributed by atoms with Gasteiger partial charge in [0.15, 0.2) is 0 Å². The molecule has 3 saturated carbocycles. The van der Waals surface area contributed by atoms with Crippen molar-refractivity contribution >= 4 is 17.6 Å². The van der Waals surface area contributed by atoms with Gasteiger partial charge in [0.05, 0.1) is 17.4 Å². The van der Waals surface area contributed by atoms with E-state index >= 15 is 0 Å². The largest absolute Gasteiger partial charge is 0.481 e. The molecule has 1 heterocycles. The number of benzene rings is 1. The molecular formula is C21H25F3N2O3. The lowest BCUT2D eigenvalue weighted by atomic mass is 9.58. The van der Waals surface area contributed by atoms with Gasteiger partial charge in [-0.1, -0.05) is 6.07 Å². The average molecular weight is 410 g/mol. The molecule has 5 rings (SSSR count). The number of hydrogen-bond acceptors (Lipinski definition) is 3. The molecule has 1 aliphatic heterocycles. The Hall–Kier alpha value is -2.25. The van der Waals surface area contributed by atoms with E-state index in [-0.39, 0.29) is 17.7 Å². The topological polar surface area (TPSA) is 60.9 Å². The SMILES string of the molecule is O=C(O)[C@@H]1C2CCC(CC2)[C@H]1C(=O)N1CCN(c2cccc(C(F)(F)F)c2)CC1.